The highest BCUT2D eigenvalue weighted by atomic mass is 32.1. The Hall–Kier alpha value is -4.37. The van der Waals surface area contributed by atoms with Crippen molar-refractivity contribution in [2.24, 2.45) is 5.41 Å². The second-order valence-electron chi connectivity index (χ2n) is 10.3. The molecule has 0 unspecified atom stereocenters. The molecule has 9 heteroatoms. The fourth-order valence-electron chi connectivity index (χ4n) is 4.45. The number of nitrogens with one attached hydrogen (secondary N) is 3. The molecule has 8 nitrogen and oxygen atoms in total. The van der Waals surface area contributed by atoms with Crippen molar-refractivity contribution in [3.63, 3.8) is 0 Å². The standard InChI is InChI=1S/C28H25N7OS/c1-28(2,3)9-25(36)32-19-6-17(10-29-12-19)18-7-21-26(34-35-27(21)31-11-18)23-8-20-22(16-4-5-37-15-16)13-30-14-24(20)33-23/h4-8,10-15,33H,9H2,1-3H3,(H,32,36)(H,31,34,35). The molecule has 6 rings (SSSR count). The van der Waals surface area contributed by atoms with E-state index in [9.17, 15) is 4.79 Å². The summed E-state index contributed by atoms with van der Waals surface area (Å²) >= 11 is 1.66. The van der Waals surface area contributed by atoms with E-state index in [1.807, 2.05) is 45.3 Å². The van der Waals surface area contributed by atoms with Crippen LogP contribution in [-0.4, -0.2) is 36.0 Å². The smallest absolute Gasteiger partial charge is 0.224 e. The molecule has 0 spiro atoms. The molecular formula is C28H25N7OS. The van der Waals surface area contributed by atoms with Crippen LogP contribution in [0.5, 0.6) is 0 Å². The Bertz CT molecular complexity index is 1740. The summed E-state index contributed by atoms with van der Waals surface area (Å²) in [6.07, 6.45) is 9.35. The number of H-pyrrole nitrogens is 2. The Labute approximate surface area is 217 Å². The molecule has 0 aliphatic heterocycles. The van der Waals surface area contributed by atoms with Gasteiger partial charge in [-0.1, -0.05) is 20.8 Å². The molecule has 6 heterocycles. The third kappa shape index (κ3) is 4.61. The number of carbonyl (C=O) groups excluding carboxylic acids is 1. The van der Waals surface area contributed by atoms with Crippen molar-refractivity contribution >= 4 is 44.9 Å². The highest BCUT2D eigenvalue weighted by molar-refractivity contribution is 7.08. The molecule has 0 saturated heterocycles. The largest absolute Gasteiger partial charge is 0.352 e. The van der Waals surface area contributed by atoms with Gasteiger partial charge in [-0.3, -0.25) is 19.9 Å². The number of amides is 1. The van der Waals surface area contributed by atoms with Crippen LogP contribution in [0.4, 0.5) is 5.69 Å². The molecule has 1 amide bonds. The second-order valence-corrected chi connectivity index (χ2v) is 11.1. The number of nitrogens with zero attached hydrogens (tertiary/aromatic N) is 4. The summed E-state index contributed by atoms with van der Waals surface area (Å²) in [7, 11) is 0. The van der Waals surface area contributed by atoms with Gasteiger partial charge >= 0.3 is 0 Å². The van der Waals surface area contributed by atoms with E-state index in [1.165, 1.54) is 0 Å². The number of hydrogen-bond acceptors (Lipinski definition) is 6. The lowest BCUT2D eigenvalue weighted by molar-refractivity contribution is -0.117. The molecule has 0 aromatic carbocycles. The van der Waals surface area contributed by atoms with Gasteiger partial charge in [-0.05, 0) is 46.0 Å². The summed E-state index contributed by atoms with van der Waals surface area (Å²) in [5.74, 6) is -0.0349. The fraction of sp³-hybridized carbons (Fsp3) is 0.179. The van der Waals surface area contributed by atoms with E-state index in [0.717, 1.165) is 49.9 Å². The van der Waals surface area contributed by atoms with Gasteiger partial charge in [-0.15, -0.1) is 0 Å². The first-order chi connectivity index (χ1) is 17.8. The minimum atomic E-state index is -0.0923. The SMILES string of the molecule is CC(C)(C)CC(=O)Nc1cncc(-c2cnc3n[nH]c(-c4cc5c(-c6ccsc6)cncc5[nH]4)c3c2)c1. The monoisotopic (exact) mass is 507 g/mol. The minimum absolute atomic E-state index is 0.0349. The third-order valence-electron chi connectivity index (χ3n) is 6.10. The van der Waals surface area contributed by atoms with Gasteiger partial charge in [-0.25, -0.2) is 4.98 Å². The van der Waals surface area contributed by atoms with E-state index < -0.39 is 0 Å². The van der Waals surface area contributed by atoms with Crippen LogP contribution in [0, 0.1) is 5.41 Å². The molecule has 6 aromatic heterocycles. The number of pyridine rings is 3. The van der Waals surface area contributed by atoms with Crippen LogP contribution in [0.2, 0.25) is 0 Å². The number of thiophene rings is 1. The van der Waals surface area contributed by atoms with Crippen LogP contribution in [-0.2, 0) is 4.79 Å². The van der Waals surface area contributed by atoms with E-state index in [4.69, 9.17) is 0 Å². The van der Waals surface area contributed by atoms with Crippen LogP contribution in [0.25, 0.3) is 55.6 Å². The average molecular weight is 508 g/mol. The van der Waals surface area contributed by atoms with Gasteiger partial charge < -0.3 is 10.3 Å². The molecule has 0 fully saturated rings. The van der Waals surface area contributed by atoms with Crippen LogP contribution < -0.4 is 5.32 Å². The van der Waals surface area contributed by atoms with E-state index >= 15 is 0 Å². The number of aromatic amines is 2. The van der Waals surface area contributed by atoms with Gasteiger partial charge in [0.2, 0.25) is 5.91 Å². The third-order valence-corrected chi connectivity index (χ3v) is 6.79. The predicted octanol–water partition coefficient (Wildman–Crippen LogP) is 6.67. The van der Waals surface area contributed by atoms with E-state index in [0.29, 0.717) is 17.8 Å². The molecule has 0 radical (unpaired) electrons. The number of fused-ring (bicyclic) bond motifs is 2. The lowest BCUT2D eigenvalue weighted by atomic mass is 9.92. The van der Waals surface area contributed by atoms with Gasteiger partial charge in [-0.2, -0.15) is 16.4 Å². The molecule has 3 N–H and O–H groups in total. The molecule has 0 aliphatic carbocycles. The first-order valence-corrected chi connectivity index (χ1v) is 12.9. The van der Waals surface area contributed by atoms with Crippen LogP contribution >= 0.6 is 11.3 Å². The minimum Gasteiger partial charge on any atom is -0.352 e. The summed E-state index contributed by atoms with van der Waals surface area (Å²) in [4.78, 5) is 29.2. The summed E-state index contributed by atoms with van der Waals surface area (Å²) in [5.41, 5.74) is 7.86. The summed E-state index contributed by atoms with van der Waals surface area (Å²) in [6, 6.07) is 8.18. The maximum Gasteiger partial charge on any atom is 0.224 e. The van der Waals surface area contributed by atoms with Crippen LogP contribution in [0.3, 0.4) is 0 Å². The van der Waals surface area contributed by atoms with Crippen molar-refractivity contribution in [1.29, 1.82) is 0 Å². The van der Waals surface area contributed by atoms with Gasteiger partial charge in [0.1, 0.15) is 0 Å². The number of rotatable bonds is 5. The van der Waals surface area contributed by atoms with Crippen LogP contribution in [0.15, 0.2) is 66.0 Å². The zero-order chi connectivity index (χ0) is 25.6. The van der Waals surface area contributed by atoms with E-state index in [2.05, 4.69) is 58.3 Å². The summed E-state index contributed by atoms with van der Waals surface area (Å²) in [5, 5.41) is 16.7. The maximum atomic E-state index is 12.4. The van der Waals surface area contributed by atoms with Gasteiger partial charge in [0.25, 0.3) is 0 Å². The maximum absolute atomic E-state index is 12.4. The van der Waals surface area contributed by atoms with Gasteiger partial charge in [0.05, 0.1) is 35.0 Å². The average Bonchev–Trinajstić information content (AvgIpc) is 3.61. The number of anilines is 1. The molecule has 184 valence electrons. The lowest BCUT2D eigenvalue weighted by Crippen LogP contribution is -2.19. The molecule has 0 saturated carbocycles. The highest BCUT2D eigenvalue weighted by Gasteiger charge is 2.17. The van der Waals surface area contributed by atoms with E-state index in [-0.39, 0.29) is 11.3 Å². The fourth-order valence-corrected chi connectivity index (χ4v) is 5.11. The Morgan fingerprint density at radius 1 is 0.973 bits per heavy atom. The topological polar surface area (TPSA) is 112 Å². The Kier molecular flexibility index (Phi) is 5.57. The molecular weight excluding hydrogens is 482 g/mol. The zero-order valence-corrected chi connectivity index (χ0v) is 21.5. The second kappa shape index (κ2) is 8.94. The van der Waals surface area contributed by atoms with Gasteiger partial charge in [0, 0.05) is 52.5 Å². The van der Waals surface area contributed by atoms with Crippen molar-refractivity contribution in [2.45, 2.75) is 27.2 Å². The van der Waals surface area contributed by atoms with Crippen molar-refractivity contribution in [3.05, 3.63) is 66.0 Å². The first-order valence-electron chi connectivity index (χ1n) is 11.9. The number of carbonyl (C=O) groups is 1. The lowest BCUT2D eigenvalue weighted by Gasteiger charge is -2.17. The van der Waals surface area contributed by atoms with Crippen LogP contribution in [0.1, 0.15) is 27.2 Å². The Morgan fingerprint density at radius 3 is 2.62 bits per heavy atom. The summed E-state index contributed by atoms with van der Waals surface area (Å²) in [6.45, 7) is 6.12. The van der Waals surface area contributed by atoms with Crippen molar-refractivity contribution in [1.82, 2.24) is 30.1 Å². The first kappa shape index (κ1) is 23.1. The quantitative estimate of drug-likeness (QED) is 0.241. The number of aromatic nitrogens is 6. The van der Waals surface area contributed by atoms with Crippen molar-refractivity contribution in [3.8, 4) is 33.6 Å². The Morgan fingerprint density at radius 2 is 1.81 bits per heavy atom. The summed E-state index contributed by atoms with van der Waals surface area (Å²) < 4.78 is 0. The predicted molar refractivity (Wildman–Crippen MR) is 148 cm³/mol. The Balaban J connectivity index is 1.36. The number of hydrogen-bond donors (Lipinski definition) is 3. The molecule has 6 aromatic rings. The van der Waals surface area contributed by atoms with Crippen molar-refractivity contribution in [2.75, 3.05) is 5.32 Å². The molecule has 0 bridgehead atoms. The molecule has 0 atom stereocenters. The van der Waals surface area contributed by atoms with Crippen molar-refractivity contribution < 1.29 is 4.79 Å². The van der Waals surface area contributed by atoms with E-state index in [1.54, 1.807) is 29.9 Å². The molecule has 0 aliphatic rings. The highest BCUT2D eigenvalue weighted by Crippen LogP contribution is 2.35. The van der Waals surface area contributed by atoms with Gasteiger partial charge in [0.15, 0.2) is 5.65 Å². The zero-order valence-electron chi connectivity index (χ0n) is 20.7. The molecule has 37 heavy (non-hydrogen) atoms. The normalized spacial score (nSPS) is 11.9.